The average Bonchev–Trinajstić information content (AvgIpc) is 3.22. The van der Waals surface area contributed by atoms with Gasteiger partial charge in [-0.15, -0.1) is 5.10 Å². The summed E-state index contributed by atoms with van der Waals surface area (Å²) in [6, 6.07) is 16.3. The van der Waals surface area contributed by atoms with E-state index in [0.29, 0.717) is 28.0 Å². The van der Waals surface area contributed by atoms with Crippen molar-refractivity contribution in [2.45, 2.75) is 31.7 Å². The predicted octanol–water partition coefficient (Wildman–Crippen LogP) is 4.94. The first-order valence-electron chi connectivity index (χ1n) is 10.6. The second-order valence-electron chi connectivity index (χ2n) is 7.71. The number of amides is 2. The molecule has 0 aliphatic carbocycles. The van der Waals surface area contributed by atoms with E-state index in [1.807, 2.05) is 44.2 Å². The Morgan fingerprint density at radius 2 is 1.54 bits per heavy atom. The Labute approximate surface area is 214 Å². The van der Waals surface area contributed by atoms with Crippen LogP contribution in [0.5, 0.6) is 0 Å². The van der Waals surface area contributed by atoms with E-state index in [-0.39, 0.29) is 11.6 Å². The Morgan fingerprint density at radius 1 is 0.943 bits per heavy atom. The molecule has 9 nitrogen and oxygen atoms in total. The second-order valence-corrected chi connectivity index (χ2v) is 9.57. The number of hydrogen-bond donors (Lipinski definition) is 2. The van der Waals surface area contributed by atoms with Crippen LogP contribution in [0.4, 0.5) is 11.4 Å². The first-order valence-corrected chi connectivity index (χ1v) is 12.4. The minimum atomic E-state index is -0.391. The summed E-state index contributed by atoms with van der Waals surface area (Å²) in [5, 5.41) is 14.6. The third-order valence-electron chi connectivity index (χ3n) is 4.81. The zero-order chi connectivity index (χ0) is 24.9. The van der Waals surface area contributed by atoms with Gasteiger partial charge in [0.15, 0.2) is 10.9 Å². The highest BCUT2D eigenvalue weighted by atomic mass is 79.9. The fourth-order valence-electron chi connectivity index (χ4n) is 3.32. The Hall–Kier alpha value is -3.57. The van der Waals surface area contributed by atoms with Crippen LogP contribution in [0.1, 0.15) is 34.5 Å². The van der Waals surface area contributed by atoms with Crippen LogP contribution in [0.25, 0.3) is 5.69 Å². The van der Waals surface area contributed by atoms with Crippen molar-refractivity contribution in [3.63, 3.8) is 0 Å². The topological polar surface area (TPSA) is 115 Å². The van der Waals surface area contributed by atoms with Crippen LogP contribution in [0, 0.1) is 13.8 Å². The van der Waals surface area contributed by atoms with Crippen molar-refractivity contribution in [1.29, 1.82) is 0 Å². The van der Waals surface area contributed by atoms with E-state index in [4.69, 9.17) is 0 Å². The molecule has 2 aromatic heterocycles. The van der Waals surface area contributed by atoms with Gasteiger partial charge in [0.25, 0.3) is 5.91 Å². The van der Waals surface area contributed by atoms with E-state index >= 15 is 0 Å². The van der Waals surface area contributed by atoms with Crippen molar-refractivity contribution in [1.82, 2.24) is 25.0 Å². The van der Waals surface area contributed by atoms with Gasteiger partial charge >= 0.3 is 0 Å². The molecule has 0 aliphatic heterocycles. The molecule has 4 aromatic rings. The van der Waals surface area contributed by atoms with Crippen LogP contribution < -0.4 is 10.6 Å². The molecule has 2 heterocycles. The summed E-state index contributed by atoms with van der Waals surface area (Å²) in [7, 11) is 0. The van der Waals surface area contributed by atoms with Crippen LogP contribution in [0.2, 0.25) is 0 Å². The van der Waals surface area contributed by atoms with Gasteiger partial charge in [0, 0.05) is 39.9 Å². The third kappa shape index (κ3) is 6.31. The average molecular weight is 552 g/mol. The summed E-state index contributed by atoms with van der Waals surface area (Å²) < 4.78 is 2.58. The number of carbonyl (C=O) groups excluding carboxylic acids is 2. The number of halogens is 1. The van der Waals surface area contributed by atoms with Crippen molar-refractivity contribution in [2.75, 3.05) is 10.6 Å². The lowest BCUT2D eigenvalue weighted by molar-refractivity contribution is -0.114. The standard InChI is InChI=1S/C24H22BrN7O2S/c1-14-12-15(2)27-24(26-14)35-13-21-22(30-31-32(21)20-10-4-17(25)5-11-20)23(34)29-19-8-6-18(7-9-19)28-16(3)33/h4-12H,13H2,1-3H3,(H,28,33)(H,29,34). The van der Waals surface area contributed by atoms with Gasteiger partial charge in [0.2, 0.25) is 5.91 Å². The molecule has 11 heteroatoms. The Balaban J connectivity index is 1.62. The molecule has 0 fully saturated rings. The third-order valence-corrected chi connectivity index (χ3v) is 6.20. The number of hydrogen-bond acceptors (Lipinski definition) is 7. The van der Waals surface area contributed by atoms with Gasteiger partial charge in [-0.3, -0.25) is 9.59 Å². The maximum Gasteiger partial charge on any atom is 0.278 e. The van der Waals surface area contributed by atoms with Crippen LogP contribution in [-0.4, -0.2) is 36.8 Å². The molecule has 0 radical (unpaired) electrons. The van der Waals surface area contributed by atoms with Crippen molar-refractivity contribution >= 4 is 50.9 Å². The van der Waals surface area contributed by atoms with Crippen molar-refractivity contribution in [3.8, 4) is 5.69 Å². The number of aromatic nitrogens is 5. The summed E-state index contributed by atoms with van der Waals surface area (Å²) in [6.45, 7) is 5.28. The molecular formula is C24H22BrN7O2S. The number of aryl methyl sites for hydroxylation is 2. The largest absolute Gasteiger partial charge is 0.326 e. The smallest absolute Gasteiger partial charge is 0.278 e. The zero-order valence-electron chi connectivity index (χ0n) is 19.2. The Kier molecular flexibility index (Phi) is 7.57. The van der Waals surface area contributed by atoms with Crippen LogP contribution in [0.15, 0.2) is 64.2 Å². The number of carbonyl (C=O) groups is 2. The van der Waals surface area contributed by atoms with E-state index in [0.717, 1.165) is 21.5 Å². The fourth-order valence-corrected chi connectivity index (χ4v) is 4.52. The Bertz CT molecular complexity index is 1350. The van der Waals surface area contributed by atoms with Crippen LogP contribution in [-0.2, 0) is 10.5 Å². The highest BCUT2D eigenvalue weighted by Crippen LogP contribution is 2.25. The van der Waals surface area contributed by atoms with Gasteiger partial charge in [0.1, 0.15) is 0 Å². The van der Waals surface area contributed by atoms with E-state index < -0.39 is 5.91 Å². The maximum atomic E-state index is 13.2. The van der Waals surface area contributed by atoms with Gasteiger partial charge in [0.05, 0.1) is 11.4 Å². The van der Waals surface area contributed by atoms with Crippen molar-refractivity contribution in [2.24, 2.45) is 0 Å². The SMILES string of the molecule is CC(=O)Nc1ccc(NC(=O)c2nnn(-c3ccc(Br)cc3)c2CSc2nc(C)cc(C)n2)cc1. The normalized spacial score (nSPS) is 10.7. The maximum absolute atomic E-state index is 13.2. The van der Waals surface area contributed by atoms with Crippen LogP contribution in [0.3, 0.4) is 0 Å². The predicted molar refractivity (Wildman–Crippen MR) is 139 cm³/mol. The lowest BCUT2D eigenvalue weighted by Crippen LogP contribution is -2.15. The van der Waals surface area contributed by atoms with Crippen molar-refractivity contribution in [3.05, 3.63) is 81.8 Å². The van der Waals surface area contributed by atoms with Gasteiger partial charge in [-0.25, -0.2) is 14.6 Å². The summed E-state index contributed by atoms with van der Waals surface area (Å²) >= 11 is 4.85. The quantitative estimate of drug-likeness (QED) is 0.247. The number of benzene rings is 2. The fraction of sp³-hybridized carbons (Fsp3) is 0.167. The molecule has 2 aromatic carbocycles. The molecule has 0 saturated carbocycles. The monoisotopic (exact) mass is 551 g/mol. The number of anilines is 2. The molecule has 0 bridgehead atoms. The molecule has 4 rings (SSSR count). The van der Waals surface area contributed by atoms with E-state index in [9.17, 15) is 9.59 Å². The molecule has 178 valence electrons. The van der Waals surface area contributed by atoms with Gasteiger partial charge in [-0.2, -0.15) is 0 Å². The summed E-state index contributed by atoms with van der Waals surface area (Å²) in [4.78, 5) is 33.4. The molecule has 0 atom stereocenters. The zero-order valence-corrected chi connectivity index (χ0v) is 21.6. The molecule has 2 N–H and O–H groups in total. The highest BCUT2D eigenvalue weighted by Gasteiger charge is 2.22. The molecular weight excluding hydrogens is 530 g/mol. The summed E-state index contributed by atoms with van der Waals surface area (Å²) in [6.07, 6.45) is 0. The van der Waals surface area contributed by atoms with Crippen LogP contribution >= 0.6 is 27.7 Å². The highest BCUT2D eigenvalue weighted by molar-refractivity contribution is 9.10. The molecule has 0 unspecified atom stereocenters. The second kappa shape index (κ2) is 10.8. The van der Waals surface area contributed by atoms with Gasteiger partial charge in [-0.1, -0.05) is 32.9 Å². The number of rotatable bonds is 7. The minimum Gasteiger partial charge on any atom is -0.326 e. The lowest BCUT2D eigenvalue weighted by atomic mass is 10.2. The van der Waals surface area contributed by atoms with E-state index in [2.05, 4.69) is 46.8 Å². The molecule has 35 heavy (non-hydrogen) atoms. The lowest BCUT2D eigenvalue weighted by Gasteiger charge is -2.09. The summed E-state index contributed by atoms with van der Waals surface area (Å²) in [5.41, 5.74) is 4.56. The van der Waals surface area contributed by atoms with E-state index in [1.54, 1.807) is 28.9 Å². The first-order chi connectivity index (χ1) is 16.8. The number of nitrogens with zero attached hydrogens (tertiary/aromatic N) is 5. The number of nitrogens with one attached hydrogen (secondary N) is 2. The number of thioether (sulfide) groups is 1. The van der Waals surface area contributed by atoms with E-state index in [1.165, 1.54) is 18.7 Å². The molecule has 0 aliphatic rings. The molecule has 0 spiro atoms. The van der Waals surface area contributed by atoms with Gasteiger partial charge < -0.3 is 10.6 Å². The summed E-state index contributed by atoms with van der Waals surface area (Å²) in [5.74, 6) is -0.172. The van der Waals surface area contributed by atoms with Crippen molar-refractivity contribution < 1.29 is 9.59 Å². The molecule has 2 amide bonds. The van der Waals surface area contributed by atoms with Gasteiger partial charge in [-0.05, 0) is 68.4 Å². The minimum absolute atomic E-state index is 0.165. The molecule has 0 saturated heterocycles. The first kappa shape index (κ1) is 24.6. The Morgan fingerprint density at radius 3 is 2.14 bits per heavy atom.